The molecule has 1 N–H and O–H groups in total. The molecule has 0 bridgehead atoms. The number of hydrogen-bond donors (Lipinski definition) is 1. The molecule has 0 aliphatic heterocycles. The standard InChI is InChI=1S/C15H21N3/c1-11(2)16-10-13-9-12-7-5-6-8-14(12)17-15(13)18(3)4/h5-9,11,16H,10H2,1-4H3. The predicted molar refractivity (Wildman–Crippen MR) is 78.0 cm³/mol. The van der Waals surface area contributed by atoms with E-state index in [0.717, 1.165) is 17.9 Å². The fraction of sp³-hybridized carbons (Fsp3) is 0.400. The zero-order chi connectivity index (χ0) is 13.1. The minimum atomic E-state index is 0.478. The second-order valence-electron chi connectivity index (χ2n) is 5.09. The second kappa shape index (κ2) is 5.36. The third kappa shape index (κ3) is 2.79. The SMILES string of the molecule is CC(C)NCc1cc2ccccc2nc1N(C)C. The molecular formula is C15H21N3. The van der Waals surface area contributed by atoms with Crippen LogP contribution in [0, 0.1) is 0 Å². The van der Waals surface area contributed by atoms with Gasteiger partial charge in [0, 0.05) is 37.6 Å². The number of hydrogen-bond acceptors (Lipinski definition) is 3. The highest BCUT2D eigenvalue weighted by atomic mass is 15.1. The summed E-state index contributed by atoms with van der Waals surface area (Å²) >= 11 is 0. The molecule has 0 spiro atoms. The molecule has 0 fully saturated rings. The van der Waals surface area contributed by atoms with E-state index < -0.39 is 0 Å². The Morgan fingerprint density at radius 2 is 1.94 bits per heavy atom. The van der Waals surface area contributed by atoms with Gasteiger partial charge >= 0.3 is 0 Å². The third-order valence-corrected chi connectivity index (χ3v) is 2.90. The van der Waals surface area contributed by atoms with Gasteiger partial charge in [0.1, 0.15) is 5.82 Å². The largest absolute Gasteiger partial charge is 0.362 e. The van der Waals surface area contributed by atoms with Gasteiger partial charge in [-0.1, -0.05) is 32.0 Å². The minimum absolute atomic E-state index is 0.478. The van der Waals surface area contributed by atoms with Crippen LogP contribution in [0.3, 0.4) is 0 Å². The van der Waals surface area contributed by atoms with Gasteiger partial charge in [0.2, 0.25) is 0 Å². The van der Waals surface area contributed by atoms with Gasteiger partial charge in [0.05, 0.1) is 5.52 Å². The molecule has 1 aromatic heterocycles. The van der Waals surface area contributed by atoms with Crippen LogP contribution in [-0.4, -0.2) is 25.1 Å². The second-order valence-corrected chi connectivity index (χ2v) is 5.09. The molecule has 0 saturated heterocycles. The van der Waals surface area contributed by atoms with Crippen molar-refractivity contribution in [3.63, 3.8) is 0 Å². The van der Waals surface area contributed by atoms with Crippen LogP contribution >= 0.6 is 0 Å². The predicted octanol–water partition coefficient (Wildman–Crippen LogP) is 2.80. The lowest BCUT2D eigenvalue weighted by Crippen LogP contribution is -2.24. The molecule has 3 nitrogen and oxygen atoms in total. The highest BCUT2D eigenvalue weighted by Gasteiger charge is 2.08. The molecule has 0 unspecified atom stereocenters. The van der Waals surface area contributed by atoms with Gasteiger partial charge in [-0.25, -0.2) is 4.98 Å². The molecule has 18 heavy (non-hydrogen) atoms. The third-order valence-electron chi connectivity index (χ3n) is 2.90. The van der Waals surface area contributed by atoms with E-state index in [2.05, 4.69) is 48.3 Å². The number of aromatic nitrogens is 1. The van der Waals surface area contributed by atoms with E-state index in [4.69, 9.17) is 4.98 Å². The van der Waals surface area contributed by atoms with E-state index in [0.29, 0.717) is 6.04 Å². The average molecular weight is 243 g/mol. The maximum atomic E-state index is 4.74. The Balaban J connectivity index is 2.44. The number of para-hydroxylation sites is 1. The van der Waals surface area contributed by atoms with Crippen molar-refractivity contribution in [3.05, 3.63) is 35.9 Å². The fourth-order valence-electron chi connectivity index (χ4n) is 1.98. The molecule has 0 aliphatic carbocycles. The summed E-state index contributed by atoms with van der Waals surface area (Å²) < 4.78 is 0. The number of rotatable bonds is 4. The first kappa shape index (κ1) is 12.8. The van der Waals surface area contributed by atoms with Crippen molar-refractivity contribution in [2.24, 2.45) is 0 Å². The Hall–Kier alpha value is -1.61. The van der Waals surface area contributed by atoms with Crippen molar-refractivity contribution in [3.8, 4) is 0 Å². The molecule has 3 heteroatoms. The van der Waals surface area contributed by atoms with Crippen LogP contribution in [0.1, 0.15) is 19.4 Å². The van der Waals surface area contributed by atoms with Crippen molar-refractivity contribution in [1.82, 2.24) is 10.3 Å². The smallest absolute Gasteiger partial charge is 0.133 e. The zero-order valence-corrected chi connectivity index (χ0v) is 11.6. The van der Waals surface area contributed by atoms with Gasteiger partial charge in [-0.2, -0.15) is 0 Å². The van der Waals surface area contributed by atoms with Crippen LogP contribution in [0.25, 0.3) is 10.9 Å². The molecule has 2 rings (SSSR count). The lowest BCUT2D eigenvalue weighted by atomic mass is 10.1. The molecule has 1 heterocycles. The van der Waals surface area contributed by atoms with Gasteiger partial charge in [0.25, 0.3) is 0 Å². The molecule has 0 saturated carbocycles. The van der Waals surface area contributed by atoms with Gasteiger partial charge < -0.3 is 10.2 Å². The maximum Gasteiger partial charge on any atom is 0.133 e. The minimum Gasteiger partial charge on any atom is -0.362 e. The number of nitrogens with zero attached hydrogens (tertiary/aromatic N) is 2. The Kier molecular flexibility index (Phi) is 3.82. The summed E-state index contributed by atoms with van der Waals surface area (Å²) in [6, 6.07) is 11.0. The molecule has 0 radical (unpaired) electrons. The number of nitrogens with one attached hydrogen (secondary N) is 1. The summed E-state index contributed by atoms with van der Waals surface area (Å²) in [6.45, 7) is 5.16. The van der Waals surface area contributed by atoms with Crippen molar-refractivity contribution in [1.29, 1.82) is 0 Å². The van der Waals surface area contributed by atoms with Gasteiger partial charge in [0.15, 0.2) is 0 Å². The van der Waals surface area contributed by atoms with Crippen molar-refractivity contribution >= 4 is 16.7 Å². The highest BCUT2D eigenvalue weighted by Crippen LogP contribution is 2.22. The van der Waals surface area contributed by atoms with E-state index in [9.17, 15) is 0 Å². The molecule has 0 aliphatic rings. The van der Waals surface area contributed by atoms with Crippen LogP contribution in [0.4, 0.5) is 5.82 Å². The van der Waals surface area contributed by atoms with Crippen molar-refractivity contribution in [2.75, 3.05) is 19.0 Å². The van der Waals surface area contributed by atoms with Gasteiger partial charge in [-0.05, 0) is 12.1 Å². The van der Waals surface area contributed by atoms with Gasteiger partial charge in [-0.15, -0.1) is 0 Å². The molecule has 2 aromatic rings. The Bertz CT molecular complexity index is 532. The first-order valence-corrected chi connectivity index (χ1v) is 6.37. The van der Waals surface area contributed by atoms with Crippen LogP contribution < -0.4 is 10.2 Å². The van der Waals surface area contributed by atoms with E-state index in [1.165, 1.54) is 10.9 Å². The van der Waals surface area contributed by atoms with Crippen LogP contribution in [-0.2, 0) is 6.54 Å². The quantitative estimate of drug-likeness (QED) is 0.895. The lowest BCUT2D eigenvalue weighted by molar-refractivity contribution is 0.588. The monoisotopic (exact) mass is 243 g/mol. The molecule has 0 atom stereocenters. The van der Waals surface area contributed by atoms with E-state index in [1.807, 2.05) is 20.2 Å². The first-order chi connectivity index (χ1) is 8.58. The summed E-state index contributed by atoms with van der Waals surface area (Å²) in [5.74, 6) is 1.04. The molecule has 96 valence electrons. The number of anilines is 1. The Labute approximate surface area is 109 Å². The first-order valence-electron chi connectivity index (χ1n) is 6.37. The summed E-state index contributed by atoms with van der Waals surface area (Å²) in [5, 5.41) is 4.65. The van der Waals surface area contributed by atoms with Crippen molar-refractivity contribution in [2.45, 2.75) is 26.4 Å². The van der Waals surface area contributed by atoms with Gasteiger partial charge in [-0.3, -0.25) is 0 Å². The Morgan fingerprint density at radius 3 is 2.61 bits per heavy atom. The highest BCUT2D eigenvalue weighted by molar-refractivity contribution is 5.81. The maximum absolute atomic E-state index is 4.74. The summed E-state index contributed by atoms with van der Waals surface area (Å²) in [7, 11) is 4.08. The number of fused-ring (bicyclic) bond motifs is 1. The topological polar surface area (TPSA) is 28.2 Å². The normalized spacial score (nSPS) is 11.2. The number of benzene rings is 1. The molecule has 0 amide bonds. The zero-order valence-electron chi connectivity index (χ0n) is 11.6. The number of pyridine rings is 1. The van der Waals surface area contributed by atoms with E-state index >= 15 is 0 Å². The van der Waals surface area contributed by atoms with Crippen LogP contribution in [0.5, 0.6) is 0 Å². The van der Waals surface area contributed by atoms with E-state index in [1.54, 1.807) is 0 Å². The fourth-order valence-corrected chi connectivity index (χ4v) is 1.98. The summed E-state index contributed by atoms with van der Waals surface area (Å²) in [6.07, 6.45) is 0. The van der Waals surface area contributed by atoms with Crippen LogP contribution in [0.2, 0.25) is 0 Å². The lowest BCUT2D eigenvalue weighted by Gasteiger charge is -2.18. The van der Waals surface area contributed by atoms with Crippen LogP contribution in [0.15, 0.2) is 30.3 Å². The van der Waals surface area contributed by atoms with Crippen molar-refractivity contribution < 1.29 is 0 Å². The molecular weight excluding hydrogens is 222 g/mol. The summed E-state index contributed by atoms with van der Waals surface area (Å²) in [5.41, 5.74) is 2.29. The Morgan fingerprint density at radius 1 is 1.22 bits per heavy atom. The average Bonchev–Trinajstić information content (AvgIpc) is 2.35. The summed E-state index contributed by atoms with van der Waals surface area (Å²) in [4.78, 5) is 6.81. The van der Waals surface area contributed by atoms with E-state index in [-0.39, 0.29) is 0 Å². The molecule has 1 aromatic carbocycles.